The molecule has 0 fully saturated rings. The first-order valence-corrected chi connectivity index (χ1v) is 8.84. The molecule has 0 atom stereocenters. The highest BCUT2D eigenvalue weighted by molar-refractivity contribution is 5.80. The largest absolute Gasteiger partial charge is 0.493 e. The lowest BCUT2D eigenvalue weighted by Gasteiger charge is -2.10. The van der Waals surface area contributed by atoms with Crippen LogP contribution in [0.5, 0.6) is 11.5 Å². The first kappa shape index (κ1) is 18.0. The van der Waals surface area contributed by atoms with Crippen LogP contribution in [0.4, 0.5) is 0 Å². The van der Waals surface area contributed by atoms with Crippen LogP contribution in [0.2, 0.25) is 0 Å². The van der Waals surface area contributed by atoms with Crippen molar-refractivity contribution in [2.24, 2.45) is 0 Å². The predicted molar refractivity (Wildman–Crippen MR) is 101 cm³/mol. The van der Waals surface area contributed by atoms with E-state index in [4.69, 9.17) is 13.9 Å². The molecule has 0 saturated heterocycles. The number of ether oxygens (including phenoxy) is 2. The maximum atomic E-state index is 11.8. The van der Waals surface area contributed by atoms with Gasteiger partial charge in [0.15, 0.2) is 11.5 Å². The second kappa shape index (κ2) is 8.54. The second-order valence-corrected chi connectivity index (χ2v) is 6.06. The van der Waals surface area contributed by atoms with E-state index in [1.807, 2.05) is 36.4 Å². The Balaban J connectivity index is 1.60. The quantitative estimate of drug-likeness (QED) is 0.499. The minimum atomic E-state index is -0.306. The fourth-order valence-corrected chi connectivity index (χ4v) is 2.91. The molecule has 0 aliphatic heterocycles. The zero-order valence-corrected chi connectivity index (χ0v) is 15.2. The molecule has 3 aromatic rings. The minimum absolute atomic E-state index is 0.306. The van der Waals surface area contributed by atoms with Crippen molar-refractivity contribution in [1.82, 2.24) is 0 Å². The molecule has 0 saturated carbocycles. The van der Waals surface area contributed by atoms with Gasteiger partial charge in [-0.05, 0) is 30.2 Å². The normalized spacial score (nSPS) is 10.8. The number of hydrogen-bond donors (Lipinski definition) is 1. The summed E-state index contributed by atoms with van der Waals surface area (Å²) < 4.78 is 16.4. The van der Waals surface area contributed by atoms with E-state index >= 15 is 0 Å². The van der Waals surface area contributed by atoms with Crippen molar-refractivity contribution < 1.29 is 19.2 Å². The maximum absolute atomic E-state index is 11.8. The third-order valence-electron chi connectivity index (χ3n) is 4.32. The Labute approximate surface area is 152 Å². The summed E-state index contributed by atoms with van der Waals surface area (Å²) in [5, 5.41) is 3.11. The van der Waals surface area contributed by atoms with Gasteiger partial charge in [-0.1, -0.05) is 31.2 Å². The smallest absolute Gasteiger partial charge is 0.336 e. The highest BCUT2D eigenvalue weighted by Crippen LogP contribution is 2.25. The Morgan fingerprint density at radius 3 is 2.65 bits per heavy atom. The van der Waals surface area contributed by atoms with Crippen molar-refractivity contribution in [3.05, 3.63) is 70.1 Å². The second-order valence-electron chi connectivity index (χ2n) is 6.06. The number of hydrogen-bond acceptors (Lipinski definition) is 4. The highest BCUT2D eigenvalue weighted by atomic mass is 16.5. The van der Waals surface area contributed by atoms with Crippen molar-refractivity contribution >= 4 is 11.0 Å². The molecule has 0 aliphatic rings. The number of para-hydroxylation sites is 2. The number of quaternary nitrogens is 1. The van der Waals surface area contributed by atoms with Crippen molar-refractivity contribution in [2.75, 3.05) is 20.3 Å². The third-order valence-corrected chi connectivity index (χ3v) is 4.32. The standard InChI is InChI=1S/C21H23NO4/c1-3-15-8-9-17-16(13-21(23)26-20(17)12-15)14-22-10-11-25-19-7-5-4-6-18(19)24-2/h4-9,12-13,22H,3,10-11,14H2,1-2H3/p+1. The fourth-order valence-electron chi connectivity index (χ4n) is 2.91. The van der Waals surface area contributed by atoms with Crippen molar-refractivity contribution in [2.45, 2.75) is 19.9 Å². The lowest BCUT2D eigenvalue weighted by Crippen LogP contribution is -2.83. The molecule has 5 heteroatoms. The molecule has 1 heterocycles. The van der Waals surface area contributed by atoms with Gasteiger partial charge >= 0.3 is 5.63 Å². The van der Waals surface area contributed by atoms with E-state index in [0.29, 0.717) is 18.7 Å². The van der Waals surface area contributed by atoms with Gasteiger partial charge in [0.1, 0.15) is 25.3 Å². The van der Waals surface area contributed by atoms with Crippen molar-refractivity contribution in [3.63, 3.8) is 0 Å². The lowest BCUT2D eigenvalue weighted by atomic mass is 10.1. The van der Waals surface area contributed by atoms with Crippen LogP contribution in [0.15, 0.2) is 57.7 Å². The zero-order chi connectivity index (χ0) is 18.4. The van der Waals surface area contributed by atoms with Crippen molar-refractivity contribution in [1.29, 1.82) is 0 Å². The first-order valence-electron chi connectivity index (χ1n) is 8.84. The summed E-state index contributed by atoms with van der Waals surface area (Å²) in [6.07, 6.45) is 0.913. The van der Waals surface area contributed by atoms with Crippen LogP contribution in [0.25, 0.3) is 11.0 Å². The van der Waals surface area contributed by atoms with Gasteiger partial charge in [0.25, 0.3) is 0 Å². The molecule has 26 heavy (non-hydrogen) atoms. The predicted octanol–water partition coefficient (Wildman–Crippen LogP) is 2.51. The SMILES string of the molecule is CCc1ccc2c(C[NH2+]CCOc3ccccc3OC)cc(=O)oc2c1. The number of aryl methyl sites for hydroxylation is 1. The molecule has 5 nitrogen and oxygen atoms in total. The molecule has 0 radical (unpaired) electrons. The molecule has 0 aliphatic carbocycles. The monoisotopic (exact) mass is 354 g/mol. The summed E-state index contributed by atoms with van der Waals surface area (Å²) >= 11 is 0. The highest BCUT2D eigenvalue weighted by Gasteiger charge is 2.08. The van der Waals surface area contributed by atoms with Crippen LogP contribution < -0.4 is 20.4 Å². The van der Waals surface area contributed by atoms with E-state index in [0.717, 1.165) is 41.0 Å². The topological polar surface area (TPSA) is 65.3 Å². The van der Waals surface area contributed by atoms with Crippen LogP contribution in [0, 0.1) is 0 Å². The van der Waals surface area contributed by atoms with Crippen molar-refractivity contribution in [3.8, 4) is 11.5 Å². The molecule has 0 bridgehead atoms. The summed E-state index contributed by atoms with van der Waals surface area (Å²) in [6, 6.07) is 15.2. The molecule has 0 amide bonds. The number of nitrogens with two attached hydrogens (primary N) is 1. The number of methoxy groups -OCH3 is 1. The van der Waals surface area contributed by atoms with E-state index in [-0.39, 0.29) is 5.63 Å². The Bertz CT molecular complexity index is 933. The van der Waals surface area contributed by atoms with E-state index in [1.165, 1.54) is 0 Å². The van der Waals surface area contributed by atoms with Crippen LogP contribution in [-0.2, 0) is 13.0 Å². The lowest BCUT2D eigenvalue weighted by molar-refractivity contribution is -0.671. The summed E-state index contributed by atoms with van der Waals surface area (Å²) in [6.45, 7) is 4.11. The summed E-state index contributed by atoms with van der Waals surface area (Å²) in [7, 11) is 1.63. The fraction of sp³-hybridized carbons (Fsp3) is 0.286. The van der Waals surface area contributed by atoms with Crippen LogP contribution in [0.1, 0.15) is 18.1 Å². The van der Waals surface area contributed by atoms with Crippen LogP contribution in [0.3, 0.4) is 0 Å². The van der Waals surface area contributed by atoms with Gasteiger partial charge in [-0.25, -0.2) is 4.79 Å². The van der Waals surface area contributed by atoms with Crippen LogP contribution in [-0.4, -0.2) is 20.3 Å². The van der Waals surface area contributed by atoms with Gasteiger partial charge in [0, 0.05) is 17.0 Å². The van der Waals surface area contributed by atoms with E-state index < -0.39 is 0 Å². The van der Waals surface area contributed by atoms with Gasteiger partial charge in [0.05, 0.1) is 7.11 Å². The number of fused-ring (bicyclic) bond motifs is 1. The average molecular weight is 354 g/mol. The third kappa shape index (κ3) is 4.24. The van der Waals surface area contributed by atoms with E-state index in [2.05, 4.69) is 18.3 Å². The first-order chi connectivity index (χ1) is 12.7. The van der Waals surface area contributed by atoms with E-state index in [9.17, 15) is 4.79 Å². The summed E-state index contributed by atoms with van der Waals surface area (Å²) in [4.78, 5) is 11.8. The zero-order valence-electron chi connectivity index (χ0n) is 15.2. The Hall–Kier alpha value is -2.79. The molecule has 3 rings (SSSR count). The molecule has 0 spiro atoms. The summed E-state index contributed by atoms with van der Waals surface area (Å²) in [5.41, 5.74) is 2.49. The van der Waals surface area contributed by atoms with Gasteiger partial charge < -0.3 is 19.2 Å². The average Bonchev–Trinajstić information content (AvgIpc) is 2.67. The minimum Gasteiger partial charge on any atom is -0.493 e. The molecule has 136 valence electrons. The van der Waals surface area contributed by atoms with Gasteiger partial charge in [0.2, 0.25) is 0 Å². The maximum Gasteiger partial charge on any atom is 0.336 e. The molecular weight excluding hydrogens is 330 g/mol. The molecule has 1 aromatic heterocycles. The number of benzene rings is 2. The Morgan fingerprint density at radius 1 is 1.08 bits per heavy atom. The van der Waals surface area contributed by atoms with Gasteiger partial charge in [-0.15, -0.1) is 0 Å². The Morgan fingerprint density at radius 2 is 1.88 bits per heavy atom. The molecular formula is C21H24NO4+. The van der Waals surface area contributed by atoms with Crippen LogP contribution >= 0.6 is 0 Å². The molecule has 0 unspecified atom stereocenters. The molecule has 2 N–H and O–H groups in total. The van der Waals surface area contributed by atoms with E-state index in [1.54, 1.807) is 13.2 Å². The van der Waals surface area contributed by atoms with Gasteiger partial charge in [-0.3, -0.25) is 0 Å². The summed E-state index contributed by atoms with van der Waals surface area (Å²) in [5.74, 6) is 1.46. The van der Waals surface area contributed by atoms with Gasteiger partial charge in [-0.2, -0.15) is 0 Å². The number of rotatable bonds is 8. The molecule has 2 aromatic carbocycles. The Kier molecular flexibility index (Phi) is 5.92.